The average molecular weight is 371 g/mol. The smallest absolute Gasteiger partial charge is 0.326 e. The number of fused-ring (bicyclic) bond motifs is 1. The first-order valence-electron chi connectivity index (χ1n) is 8.27. The van der Waals surface area contributed by atoms with E-state index in [2.05, 4.69) is 4.98 Å². The summed E-state index contributed by atoms with van der Waals surface area (Å²) in [6, 6.07) is 16.0. The maximum atomic E-state index is 12.4. The zero-order valence-corrected chi connectivity index (χ0v) is 14.8. The number of carbonyl (C=O) groups is 2. The summed E-state index contributed by atoms with van der Waals surface area (Å²) in [4.78, 5) is 28.8. The molecule has 5 nitrogen and oxygen atoms in total. The number of amides is 1. The average Bonchev–Trinajstić information content (AvgIpc) is 3.07. The molecule has 0 fully saturated rings. The number of alkyl halides is 1. The second-order valence-corrected chi connectivity index (χ2v) is 6.33. The topological polar surface area (TPSA) is 73.4 Å². The molecule has 0 bridgehead atoms. The summed E-state index contributed by atoms with van der Waals surface area (Å²) in [6.45, 7) is 0.200. The minimum Gasteiger partial charge on any atom is -0.480 e. The number of hydrogen-bond donors (Lipinski definition) is 2. The zero-order chi connectivity index (χ0) is 18.5. The van der Waals surface area contributed by atoms with Crippen LogP contribution in [0, 0.1) is 0 Å². The summed E-state index contributed by atoms with van der Waals surface area (Å²) in [5.74, 6) is -1.71. The van der Waals surface area contributed by atoms with Gasteiger partial charge in [-0.1, -0.05) is 48.5 Å². The summed E-state index contributed by atoms with van der Waals surface area (Å²) >= 11 is 5.75. The van der Waals surface area contributed by atoms with E-state index in [1.54, 1.807) is 6.20 Å². The fourth-order valence-electron chi connectivity index (χ4n) is 3.07. The highest BCUT2D eigenvalue weighted by molar-refractivity contribution is 6.27. The predicted octanol–water partition coefficient (Wildman–Crippen LogP) is 3.43. The lowest BCUT2D eigenvalue weighted by molar-refractivity contribution is -0.149. The third-order valence-corrected chi connectivity index (χ3v) is 4.61. The number of carboxylic acid groups (broad SMARTS) is 1. The third-order valence-electron chi connectivity index (χ3n) is 4.38. The van der Waals surface area contributed by atoms with Crippen LogP contribution in [0.15, 0.2) is 60.8 Å². The first kappa shape index (κ1) is 18.0. The van der Waals surface area contributed by atoms with E-state index in [0.29, 0.717) is 0 Å². The standard InChI is InChI=1S/C20H19ClN2O3/c21-11-19(24)23(13-14-6-2-1-3-7-14)18(20(25)26)10-15-12-22-17-9-5-4-8-16(15)17/h1-9,12,18,22H,10-11,13H2,(H,25,26)/t18-/m0/s1. The van der Waals surface area contributed by atoms with E-state index in [4.69, 9.17) is 11.6 Å². The van der Waals surface area contributed by atoms with Gasteiger partial charge in [0.05, 0.1) is 0 Å². The summed E-state index contributed by atoms with van der Waals surface area (Å²) < 4.78 is 0. The summed E-state index contributed by atoms with van der Waals surface area (Å²) in [5.41, 5.74) is 2.65. The first-order chi connectivity index (χ1) is 12.6. The Kier molecular flexibility index (Phi) is 5.58. The van der Waals surface area contributed by atoms with E-state index in [1.807, 2.05) is 54.6 Å². The fraction of sp³-hybridized carbons (Fsp3) is 0.200. The number of nitrogens with zero attached hydrogens (tertiary/aromatic N) is 1. The number of aliphatic carboxylic acids is 1. The molecule has 0 spiro atoms. The zero-order valence-electron chi connectivity index (χ0n) is 14.1. The molecule has 2 aromatic carbocycles. The largest absolute Gasteiger partial charge is 0.480 e. The Hall–Kier alpha value is -2.79. The van der Waals surface area contributed by atoms with Crippen molar-refractivity contribution >= 4 is 34.4 Å². The van der Waals surface area contributed by atoms with Crippen molar-refractivity contribution in [2.24, 2.45) is 0 Å². The highest BCUT2D eigenvalue weighted by atomic mass is 35.5. The molecule has 0 saturated carbocycles. The highest BCUT2D eigenvalue weighted by Gasteiger charge is 2.30. The summed E-state index contributed by atoms with van der Waals surface area (Å²) in [7, 11) is 0. The molecule has 1 amide bonds. The van der Waals surface area contributed by atoms with E-state index >= 15 is 0 Å². The molecule has 26 heavy (non-hydrogen) atoms. The maximum absolute atomic E-state index is 12.4. The number of halogens is 1. The van der Waals surface area contributed by atoms with E-state index in [9.17, 15) is 14.7 Å². The van der Waals surface area contributed by atoms with Gasteiger partial charge in [0.25, 0.3) is 0 Å². The van der Waals surface area contributed by atoms with Crippen LogP contribution >= 0.6 is 11.6 Å². The van der Waals surface area contributed by atoms with Crippen LogP contribution in [0.2, 0.25) is 0 Å². The van der Waals surface area contributed by atoms with Crippen molar-refractivity contribution in [3.05, 3.63) is 71.9 Å². The number of para-hydroxylation sites is 1. The Morgan fingerprint density at radius 3 is 2.46 bits per heavy atom. The van der Waals surface area contributed by atoms with Gasteiger partial charge in [-0.25, -0.2) is 4.79 Å². The van der Waals surface area contributed by atoms with Crippen molar-refractivity contribution in [2.45, 2.75) is 19.0 Å². The number of carboxylic acids is 1. The molecule has 1 heterocycles. The Morgan fingerprint density at radius 1 is 1.08 bits per heavy atom. The van der Waals surface area contributed by atoms with Gasteiger partial charge >= 0.3 is 5.97 Å². The van der Waals surface area contributed by atoms with Crippen LogP contribution < -0.4 is 0 Å². The van der Waals surface area contributed by atoms with E-state index in [1.165, 1.54) is 4.90 Å². The third kappa shape index (κ3) is 3.89. The van der Waals surface area contributed by atoms with Crippen LogP contribution in [0.3, 0.4) is 0 Å². The number of H-pyrrole nitrogens is 1. The van der Waals surface area contributed by atoms with E-state index < -0.39 is 17.9 Å². The first-order valence-corrected chi connectivity index (χ1v) is 8.80. The van der Waals surface area contributed by atoms with Gasteiger partial charge in [-0.3, -0.25) is 4.79 Å². The molecule has 134 valence electrons. The second kappa shape index (κ2) is 8.06. The Bertz CT molecular complexity index is 908. The Morgan fingerprint density at radius 2 is 1.77 bits per heavy atom. The molecule has 3 rings (SSSR count). The van der Waals surface area contributed by atoms with Crippen LogP contribution in [0.5, 0.6) is 0 Å². The molecule has 0 radical (unpaired) electrons. The fourth-order valence-corrected chi connectivity index (χ4v) is 3.22. The normalized spacial score (nSPS) is 12.0. The van der Waals surface area contributed by atoms with Crippen molar-refractivity contribution in [1.29, 1.82) is 0 Å². The molecule has 2 N–H and O–H groups in total. The minimum atomic E-state index is -1.05. The monoisotopic (exact) mass is 370 g/mol. The molecule has 0 aliphatic rings. The van der Waals surface area contributed by atoms with E-state index in [-0.39, 0.29) is 18.8 Å². The van der Waals surface area contributed by atoms with Gasteiger partial charge in [-0.2, -0.15) is 0 Å². The number of aromatic amines is 1. The lowest BCUT2D eigenvalue weighted by Crippen LogP contribution is -2.46. The second-order valence-electron chi connectivity index (χ2n) is 6.06. The van der Waals surface area contributed by atoms with Crippen molar-refractivity contribution in [2.75, 3.05) is 5.88 Å². The van der Waals surface area contributed by atoms with Gasteiger partial charge in [-0.15, -0.1) is 11.6 Å². The number of nitrogens with one attached hydrogen (secondary N) is 1. The van der Waals surface area contributed by atoms with Gasteiger partial charge in [0.15, 0.2) is 0 Å². The van der Waals surface area contributed by atoms with Crippen LogP contribution in [0.4, 0.5) is 0 Å². The number of carbonyl (C=O) groups excluding carboxylic acids is 1. The number of benzene rings is 2. The minimum absolute atomic E-state index is 0.200. The number of aromatic nitrogens is 1. The van der Waals surface area contributed by atoms with Crippen molar-refractivity contribution < 1.29 is 14.7 Å². The Balaban J connectivity index is 1.92. The van der Waals surface area contributed by atoms with Gasteiger partial charge in [0.2, 0.25) is 5.91 Å². The van der Waals surface area contributed by atoms with Crippen molar-refractivity contribution in [3.63, 3.8) is 0 Å². The van der Waals surface area contributed by atoms with E-state index in [0.717, 1.165) is 22.0 Å². The molecular weight excluding hydrogens is 352 g/mol. The number of rotatable bonds is 7. The predicted molar refractivity (Wildman–Crippen MR) is 101 cm³/mol. The molecule has 0 aliphatic carbocycles. The van der Waals surface area contributed by atoms with Gasteiger partial charge in [0, 0.05) is 30.1 Å². The highest BCUT2D eigenvalue weighted by Crippen LogP contribution is 2.22. The van der Waals surface area contributed by atoms with Gasteiger partial charge in [-0.05, 0) is 17.2 Å². The molecule has 0 unspecified atom stereocenters. The number of hydrogen-bond acceptors (Lipinski definition) is 2. The van der Waals surface area contributed by atoms with Crippen LogP contribution in [0.1, 0.15) is 11.1 Å². The lowest BCUT2D eigenvalue weighted by atomic mass is 10.0. The SMILES string of the molecule is O=C(O)[C@H](Cc1c[nH]c2ccccc12)N(Cc1ccccc1)C(=O)CCl. The summed E-state index contributed by atoms with van der Waals surface area (Å²) in [6.07, 6.45) is 2.00. The molecule has 1 aromatic heterocycles. The van der Waals surface area contributed by atoms with Crippen molar-refractivity contribution in [1.82, 2.24) is 9.88 Å². The van der Waals surface area contributed by atoms with Crippen LogP contribution in [-0.2, 0) is 22.6 Å². The maximum Gasteiger partial charge on any atom is 0.326 e. The van der Waals surface area contributed by atoms with Crippen molar-refractivity contribution in [3.8, 4) is 0 Å². The molecule has 1 atom stereocenters. The molecule has 0 saturated heterocycles. The molecule has 3 aromatic rings. The van der Waals surface area contributed by atoms with Crippen LogP contribution in [-0.4, -0.2) is 38.8 Å². The van der Waals surface area contributed by atoms with Crippen LogP contribution in [0.25, 0.3) is 10.9 Å². The molecule has 6 heteroatoms. The quantitative estimate of drug-likeness (QED) is 0.626. The van der Waals surface area contributed by atoms with Gasteiger partial charge < -0.3 is 15.0 Å². The molecular formula is C20H19ClN2O3. The summed E-state index contributed by atoms with van der Waals surface area (Å²) in [5, 5.41) is 10.7. The van der Waals surface area contributed by atoms with Gasteiger partial charge in [0.1, 0.15) is 11.9 Å². The molecule has 0 aliphatic heterocycles. The lowest BCUT2D eigenvalue weighted by Gasteiger charge is -2.28. The Labute approximate surface area is 156 Å².